The van der Waals surface area contributed by atoms with Gasteiger partial charge in [-0.1, -0.05) is 61.5 Å². The van der Waals surface area contributed by atoms with Crippen LogP contribution in [0, 0.1) is 11.6 Å². The number of halogens is 2. The van der Waals surface area contributed by atoms with Gasteiger partial charge in [0.15, 0.2) is 0 Å². The molecule has 0 aliphatic rings. The van der Waals surface area contributed by atoms with Gasteiger partial charge in [0.05, 0.1) is 0 Å². The van der Waals surface area contributed by atoms with Crippen molar-refractivity contribution in [3.05, 3.63) is 113 Å². The summed E-state index contributed by atoms with van der Waals surface area (Å²) in [5.74, 6) is -0.546. The lowest BCUT2D eigenvalue weighted by Crippen LogP contribution is -1.96. The van der Waals surface area contributed by atoms with Gasteiger partial charge in [0.2, 0.25) is 0 Å². The van der Waals surface area contributed by atoms with Crippen LogP contribution in [0.5, 0.6) is 0 Å². The van der Waals surface area contributed by atoms with Crippen molar-refractivity contribution in [2.24, 2.45) is 0 Å². The molecule has 2 heteroatoms. The number of allylic oxidation sites excluding steroid dienone is 2. The molecular weight excluding hydrogens is 338 g/mol. The first-order valence-corrected chi connectivity index (χ1v) is 9.10. The normalized spacial score (nSPS) is 11.0. The highest BCUT2D eigenvalue weighted by molar-refractivity contribution is 5.98. The van der Waals surface area contributed by atoms with E-state index in [-0.39, 0.29) is 11.6 Å². The quantitative estimate of drug-likeness (QED) is 0.417. The van der Waals surface area contributed by atoms with Crippen molar-refractivity contribution >= 4 is 17.2 Å². The van der Waals surface area contributed by atoms with Gasteiger partial charge in [-0.3, -0.25) is 0 Å². The molecule has 3 aromatic rings. The van der Waals surface area contributed by atoms with Gasteiger partial charge in [0, 0.05) is 0 Å². The van der Waals surface area contributed by atoms with Crippen LogP contribution in [-0.4, -0.2) is 0 Å². The molecule has 0 saturated heterocycles. The largest absolute Gasteiger partial charge is 0.207 e. The molecular formula is C25H22F2. The predicted molar refractivity (Wildman–Crippen MR) is 110 cm³/mol. The van der Waals surface area contributed by atoms with Crippen molar-refractivity contribution in [1.82, 2.24) is 0 Å². The van der Waals surface area contributed by atoms with E-state index in [4.69, 9.17) is 0 Å². The standard InChI is InChI=1S/C25H22F2/c1-3-6-18-7-5-8-21(17-18)24(4-2)25(19-9-13-22(26)14-10-19)20-11-15-23(27)16-12-20/h3,5-17H,4H2,1-2H3/b6-3+. The Bertz CT molecular complexity index is 914. The van der Waals surface area contributed by atoms with E-state index in [9.17, 15) is 8.78 Å². The fourth-order valence-electron chi connectivity index (χ4n) is 3.30. The summed E-state index contributed by atoms with van der Waals surface area (Å²) in [6, 6.07) is 21.3. The molecule has 27 heavy (non-hydrogen) atoms. The average Bonchev–Trinajstić information content (AvgIpc) is 2.68. The smallest absolute Gasteiger partial charge is 0.123 e. The van der Waals surface area contributed by atoms with E-state index in [1.54, 1.807) is 24.3 Å². The first-order chi connectivity index (χ1) is 13.1. The van der Waals surface area contributed by atoms with Crippen molar-refractivity contribution < 1.29 is 8.78 Å². The van der Waals surface area contributed by atoms with Crippen LogP contribution >= 0.6 is 0 Å². The Morgan fingerprint density at radius 3 is 1.81 bits per heavy atom. The molecule has 0 unspecified atom stereocenters. The lowest BCUT2D eigenvalue weighted by Gasteiger charge is -2.17. The first kappa shape index (κ1) is 18.8. The third-order valence-electron chi connectivity index (χ3n) is 4.52. The Kier molecular flexibility index (Phi) is 5.97. The first-order valence-electron chi connectivity index (χ1n) is 9.10. The van der Waals surface area contributed by atoms with Crippen LogP contribution in [0.2, 0.25) is 0 Å². The molecule has 0 aliphatic heterocycles. The van der Waals surface area contributed by atoms with E-state index in [0.29, 0.717) is 0 Å². The molecule has 0 bridgehead atoms. The lowest BCUT2D eigenvalue weighted by atomic mass is 9.87. The third kappa shape index (κ3) is 4.40. The Morgan fingerprint density at radius 1 is 0.778 bits per heavy atom. The molecule has 0 radical (unpaired) electrons. The molecule has 0 heterocycles. The molecule has 0 aliphatic carbocycles. The summed E-state index contributed by atoms with van der Waals surface area (Å²) < 4.78 is 27.0. The van der Waals surface area contributed by atoms with E-state index in [1.165, 1.54) is 24.3 Å². The second kappa shape index (κ2) is 8.59. The zero-order valence-electron chi connectivity index (χ0n) is 15.5. The second-order valence-corrected chi connectivity index (χ2v) is 6.35. The Morgan fingerprint density at radius 2 is 1.33 bits per heavy atom. The van der Waals surface area contributed by atoms with Crippen molar-refractivity contribution in [2.75, 3.05) is 0 Å². The molecule has 136 valence electrons. The van der Waals surface area contributed by atoms with Crippen molar-refractivity contribution in [3.63, 3.8) is 0 Å². The summed E-state index contributed by atoms with van der Waals surface area (Å²) >= 11 is 0. The Balaban J connectivity index is 2.26. The number of rotatable bonds is 5. The highest BCUT2D eigenvalue weighted by atomic mass is 19.1. The lowest BCUT2D eigenvalue weighted by molar-refractivity contribution is 0.627. The number of hydrogen-bond donors (Lipinski definition) is 0. The second-order valence-electron chi connectivity index (χ2n) is 6.35. The fourth-order valence-corrected chi connectivity index (χ4v) is 3.30. The minimum atomic E-state index is -0.273. The van der Waals surface area contributed by atoms with E-state index >= 15 is 0 Å². The molecule has 3 aromatic carbocycles. The van der Waals surface area contributed by atoms with Gasteiger partial charge < -0.3 is 0 Å². The third-order valence-corrected chi connectivity index (χ3v) is 4.52. The van der Waals surface area contributed by atoms with Gasteiger partial charge in [-0.25, -0.2) is 8.78 Å². The molecule has 0 N–H and O–H groups in total. The van der Waals surface area contributed by atoms with E-state index in [2.05, 4.69) is 31.2 Å². The van der Waals surface area contributed by atoms with E-state index in [1.807, 2.05) is 19.1 Å². The average molecular weight is 360 g/mol. The molecule has 0 saturated carbocycles. The summed E-state index contributed by atoms with van der Waals surface area (Å²) in [5.41, 5.74) is 6.19. The molecule has 0 atom stereocenters. The van der Waals surface area contributed by atoms with E-state index < -0.39 is 0 Å². The number of hydrogen-bond acceptors (Lipinski definition) is 0. The summed E-state index contributed by atoms with van der Waals surface area (Å²) in [6.07, 6.45) is 4.87. The monoisotopic (exact) mass is 360 g/mol. The highest BCUT2D eigenvalue weighted by Gasteiger charge is 2.13. The maximum absolute atomic E-state index is 13.5. The summed E-state index contributed by atoms with van der Waals surface area (Å²) in [7, 11) is 0. The van der Waals surface area contributed by atoms with Crippen LogP contribution < -0.4 is 0 Å². The maximum Gasteiger partial charge on any atom is 0.123 e. The molecule has 0 aromatic heterocycles. The minimum absolute atomic E-state index is 0.273. The van der Waals surface area contributed by atoms with Crippen molar-refractivity contribution in [3.8, 4) is 0 Å². The SMILES string of the molecule is C/C=C/c1cccc(C(CC)=C(c2ccc(F)cc2)c2ccc(F)cc2)c1. The molecule has 0 amide bonds. The van der Waals surface area contributed by atoms with Crippen LogP contribution in [-0.2, 0) is 0 Å². The zero-order valence-corrected chi connectivity index (χ0v) is 15.5. The Hall–Kier alpha value is -3.00. The molecule has 3 rings (SSSR count). The molecule has 0 spiro atoms. The predicted octanol–water partition coefficient (Wildman–Crippen LogP) is 7.37. The van der Waals surface area contributed by atoms with Crippen molar-refractivity contribution in [1.29, 1.82) is 0 Å². The minimum Gasteiger partial charge on any atom is -0.207 e. The molecule has 0 fully saturated rings. The van der Waals surface area contributed by atoms with Gasteiger partial charge in [0.1, 0.15) is 11.6 Å². The van der Waals surface area contributed by atoms with Gasteiger partial charge in [-0.2, -0.15) is 0 Å². The van der Waals surface area contributed by atoms with Gasteiger partial charge in [-0.05, 0) is 77.1 Å². The van der Waals surface area contributed by atoms with Gasteiger partial charge >= 0.3 is 0 Å². The number of benzene rings is 3. The fraction of sp³-hybridized carbons (Fsp3) is 0.120. The summed E-state index contributed by atoms with van der Waals surface area (Å²) in [5, 5.41) is 0. The molecule has 0 nitrogen and oxygen atoms in total. The van der Waals surface area contributed by atoms with Crippen LogP contribution in [0.4, 0.5) is 8.78 Å². The summed E-state index contributed by atoms with van der Waals surface area (Å²) in [4.78, 5) is 0. The van der Waals surface area contributed by atoms with E-state index in [0.717, 1.165) is 39.8 Å². The van der Waals surface area contributed by atoms with Crippen LogP contribution in [0.3, 0.4) is 0 Å². The Labute approximate surface area is 159 Å². The van der Waals surface area contributed by atoms with Crippen LogP contribution in [0.1, 0.15) is 42.5 Å². The highest BCUT2D eigenvalue weighted by Crippen LogP contribution is 2.35. The van der Waals surface area contributed by atoms with Crippen molar-refractivity contribution in [2.45, 2.75) is 20.3 Å². The van der Waals surface area contributed by atoms with Gasteiger partial charge in [-0.15, -0.1) is 0 Å². The maximum atomic E-state index is 13.5. The van der Waals surface area contributed by atoms with Crippen LogP contribution in [0.25, 0.3) is 17.2 Å². The topological polar surface area (TPSA) is 0 Å². The van der Waals surface area contributed by atoms with Crippen LogP contribution in [0.15, 0.2) is 78.9 Å². The van der Waals surface area contributed by atoms with Gasteiger partial charge in [0.25, 0.3) is 0 Å². The zero-order chi connectivity index (χ0) is 19.2. The summed E-state index contributed by atoms with van der Waals surface area (Å²) in [6.45, 7) is 4.09.